The molecule has 0 saturated heterocycles. The van der Waals surface area contributed by atoms with E-state index < -0.39 is 5.97 Å². The summed E-state index contributed by atoms with van der Waals surface area (Å²) in [4.78, 5) is 23.1. The van der Waals surface area contributed by atoms with Gasteiger partial charge in [-0.05, 0) is 37.6 Å². The number of allylic oxidation sites excluding steroid dienone is 1. The molecule has 1 aromatic rings. The number of carbonyl (C=O) groups is 2. The summed E-state index contributed by atoms with van der Waals surface area (Å²) in [5.74, 6) is -0.514. The van der Waals surface area contributed by atoms with Crippen LogP contribution in [-0.2, 0) is 9.53 Å². The Bertz CT molecular complexity index is 520. The number of hydrogen-bond donors (Lipinski definition) is 0. The van der Waals surface area contributed by atoms with E-state index in [1.54, 1.807) is 13.0 Å². The topological polar surface area (TPSA) is 52.6 Å². The lowest BCUT2D eigenvalue weighted by Crippen LogP contribution is -2.03. The van der Waals surface area contributed by atoms with Gasteiger partial charge in [-0.25, -0.2) is 4.79 Å². The third kappa shape index (κ3) is 4.10. The molecule has 19 heavy (non-hydrogen) atoms. The molecule has 4 nitrogen and oxygen atoms in total. The maximum Gasteiger partial charge on any atom is 0.330 e. The first-order valence-corrected chi connectivity index (χ1v) is 6.10. The molecule has 5 heteroatoms. The second-order valence-corrected chi connectivity index (χ2v) is 4.16. The van der Waals surface area contributed by atoms with E-state index in [-0.39, 0.29) is 12.4 Å². The molecule has 0 aliphatic carbocycles. The zero-order valence-electron chi connectivity index (χ0n) is 11.0. The lowest BCUT2D eigenvalue weighted by molar-refractivity contribution is -0.137. The quantitative estimate of drug-likeness (QED) is 0.473. The Balaban J connectivity index is 2.99. The van der Waals surface area contributed by atoms with E-state index in [0.717, 1.165) is 17.7 Å². The van der Waals surface area contributed by atoms with Gasteiger partial charge >= 0.3 is 5.97 Å². The molecular weight excluding hydrogens is 268 g/mol. The molecule has 0 bridgehead atoms. The Kier molecular flexibility index (Phi) is 5.57. The number of aryl methyl sites for hydroxylation is 1. The lowest BCUT2D eigenvalue weighted by atomic mass is 10.1. The van der Waals surface area contributed by atoms with E-state index in [1.807, 2.05) is 6.92 Å². The van der Waals surface area contributed by atoms with Gasteiger partial charge in [-0.15, -0.1) is 0 Å². The number of esters is 1. The monoisotopic (exact) mass is 282 g/mol. The van der Waals surface area contributed by atoms with Crippen LogP contribution in [-0.4, -0.2) is 25.5 Å². The van der Waals surface area contributed by atoms with Gasteiger partial charge in [0.05, 0.1) is 19.3 Å². The van der Waals surface area contributed by atoms with Crippen molar-refractivity contribution in [2.24, 2.45) is 0 Å². The fourth-order valence-electron chi connectivity index (χ4n) is 1.44. The van der Waals surface area contributed by atoms with Crippen LogP contribution in [0.5, 0.6) is 5.75 Å². The van der Waals surface area contributed by atoms with Crippen LogP contribution in [0.15, 0.2) is 24.3 Å². The molecule has 1 rings (SSSR count). The van der Waals surface area contributed by atoms with Gasteiger partial charge in [0.1, 0.15) is 5.75 Å². The molecule has 0 N–H and O–H groups in total. The van der Waals surface area contributed by atoms with Crippen LogP contribution in [0.25, 0.3) is 0 Å². The van der Waals surface area contributed by atoms with Gasteiger partial charge in [0.2, 0.25) is 0 Å². The minimum atomic E-state index is -0.562. The second kappa shape index (κ2) is 6.95. The molecule has 1 aromatic carbocycles. The molecule has 0 heterocycles. The molecule has 102 valence electrons. The number of ether oxygens (including phenoxy) is 2. The summed E-state index contributed by atoms with van der Waals surface area (Å²) >= 11 is 5.98. The van der Waals surface area contributed by atoms with Crippen molar-refractivity contribution >= 4 is 23.4 Å². The van der Waals surface area contributed by atoms with Gasteiger partial charge in [-0.2, -0.15) is 0 Å². The fourth-order valence-corrected chi connectivity index (χ4v) is 1.60. The molecule has 0 aliphatic heterocycles. The second-order valence-electron chi connectivity index (χ2n) is 3.75. The summed E-state index contributed by atoms with van der Waals surface area (Å²) in [6.45, 7) is 3.76. The molecule has 0 fully saturated rings. The highest BCUT2D eigenvalue weighted by Crippen LogP contribution is 2.27. The number of methoxy groups -OCH3 is 1. The highest BCUT2D eigenvalue weighted by molar-refractivity contribution is 6.32. The fraction of sp³-hybridized carbons (Fsp3) is 0.286. The van der Waals surface area contributed by atoms with Crippen LogP contribution < -0.4 is 4.74 Å². The van der Waals surface area contributed by atoms with E-state index in [0.29, 0.717) is 16.3 Å². The minimum absolute atomic E-state index is 0.261. The van der Waals surface area contributed by atoms with Crippen LogP contribution in [0.2, 0.25) is 5.02 Å². The molecule has 0 amide bonds. The maximum absolute atomic E-state index is 12.0. The van der Waals surface area contributed by atoms with Gasteiger partial charge in [-0.1, -0.05) is 11.6 Å². The Morgan fingerprint density at radius 3 is 2.58 bits per heavy atom. The minimum Gasteiger partial charge on any atom is -0.496 e. The number of carbonyl (C=O) groups excluding carboxylic acids is 2. The van der Waals surface area contributed by atoms with Crippen LogP contribution in [0, 0.1) is 6.92 Å². The van der Waals surface area contributed by atoms with E-state index in [2.05, 4.69) is 0 Å². The highest BCUT2D eigenvalue weighted by atomic mass is 35.5. The van der Waals surface area contributed by atoms with Gasteiger partial charge in [-0.3, -0.25) is 4.79 Å². The van der Waals surface area contributed by atoms with E-state index in [9.17, 15) is 9.59 Å². The molecule has 0 spiro atoms. The molecule has 0 aromatic heterocycles. The van der Waals surface area contributed by atoms with Crippen molar-refractivity contribution in [3.63, 3.8) is 0 Å². The molecule has 0 saturated carbocycles. The Morgan fingerprint density at radius 1 is 1.32 bits per heavy atom. The maximum atomic E-state index is 12.0. The van der Waals surface area contributed by atoms with Crippen molar-refractivity contribution in [1.29, 1.82) is 0 Å². The van der Waals surface area contributed by atoms with Crippen molar-refractivity contribution < 1.29 is 19.1 Å². The largest absolute Gasteiger partial charge is 0.496 e. The third-order valence-electron chi connectivity index (χ3n) is 2.40. The van der Waals surface area contributed by atoms with Crippen molar-refractivity contribution in [2.75, 3.05) is 13.7 Å². The summed E-state index contributed by atoms with van der Waals surface area (Å²) in [7, 11) is 1.47. The van der Waals surface area contributed by atoms with Crippen molar-refractivity contribution in [2.45, 2.75) is 13.8 Å². The molecule has 0 radical (unpaired) electrons. The average molecular weight is 283 g/mol. The van der Waals surface area contributed by atoms with E-state index >= 15 is 0 Å². The van der Waals surface area contributed by atoms with Crippen LogP contribution in [0.4, 0.5) is 0 Å². The SMILES string of the molecule is CCOC(=O)C=CC(=O)c1cc(Cl)c(C)cc1OC. The third-order valence-corrected chi connectivity index (χ3v) is 2.81. The van der Waals surface area contributed by atoms with E-state index in [1.165, 1.54) is 13.2 Å². The first kappa shape index (κ1) is 15.2. The van der Waals surface area contributed by atoms with Crippen LogP contribution >= 0.6 is 11.6 Å². The summed E-state index contributed by atoms with van der Waals surface area (Å²) in [5.41, 5.74) is 1.11. The zero-order valence-corrected chi connectivity index (χ0v) is 11.8. The number of rotatable bonds is 5. The highest BCUT2D eigenvalue weighted by Gasteiger charge is 2.12. The average Bonchev–Trinajstić information content (AvgIpc) is 2.39. The van der Waals surface area contributed by atoms with Crippen molar-refractivity contribution in [3.8, 4) is 5.75 Å². The predicted octanol–water partition coefficient (Wildman–Crippen LogP) is 2.96. The molecular formula is C14H15ClO4. The number of ketones is 1. The van der Waals surface area contributed by atoms with Gasteiger partial charge in [0.25, 0.3) is 0 Å². The van der Waals surface area contributed by atoms with E-state index in [4.69, 9.17) is 21.1 Å². The first-order chi connectivity index (χ1) is 8.99. The summed E-state index contributed by atoms with van der Waals surface area (Å²) in [6, 6.07) is 3.20. The molecule has 0 atom stereocenters. The van der Waals surface area contributed by atoms with Gasteiger partial charge in [0, 0.05) is 11.1 Å². The predicted molar refractivity (Wildman–Crippen MR) is 72.8 cm³/mol. The zero-order chi connectivity index (χ0) is 14.4. The number of benzene rings is 1. The van der Waals surface area contributed by atoms with Gasteiger partial charge < -0.3 is 9.47 Å². The van der Waals surface area contributed by atoms with Crippen molar-refractivity contribution in [3.05, 3.63) is 40.4 Å². The smallest absolute Gasteiger partial charge is 0.330 e. The first-order valence-electron chi connectivity index (χ1n) is 5.72. The summed E-state index contributed by atoms with van der Waals surface area (Å²) < 4.78 is 9.82. The van der Waals surface area contributed by atoms with Gasteiger partial charge in [0.15, 0.2) is 5.78 Å². The number of halogens is 1. The Labute approximate surface area is 117 Å². The molecule has 0 unspecified atom stereocenters. The lowest BCUT2D eigenvalue weighted by Gasteiger charge is -2.08. The van der Waals surface area contributed by atoms with Crippen LogP contribution in [0.3, 0.4) is 0 Å². The number of hydrogen-bond acceptors (Lipinski definition) is 4. The Hall–Kier alpha value is -1.81. The molecule has 0 aliphatic rings. The normalized spacial score (nSPS) is 10.5. The Morgan fingerprint density at radius 2 is 2.00 bits per heavy atom. The summed E-state index contributed by atoms with van der Waals surface area (Å²) in [5, 5.41) is 0.466. The standard InChI is InChI=1S/C14H15ClO4/c1-4-19-14(17)6-5-12(16)10-8-11(15)9(2)7-13(10)18-3/h5-8H,4H2,1-3H3. The van der Waals surface area contributed by atoms with Crippen molar-refractivity contribution in [1.82, 2.24) is 0 Å². The van der Waals surface area contributed by atoms with Crippen LogP contribution in [0.1, 0.15) is 22.8 Å². The summed E-state index contributed by atoms with van der Waals surface area (Å²) in [6.07, 6.45) is 2.22.